The van der Waals surface area contributed by atoms with Gasteiger partial charge >= 0.3 is 6.03 Å². The molecule has 2 aromatic heterocycles. The van der Waals surface area contributed by atoms with E-state index in [2.05, 4.69) is 47.3 Å². The van der Waals surface area contributed by atoms with Crippen molar-refractivity contribution in [1.82, 2.24) is 9.47 Å². The number of hydrogen-bond donors (Lipinski definition) is 1. The maximum absolute atomic E-state index is 13.9. The van der Waals surface area contributed by atoms with Crippen LogP contribution in [0.3, 0.4) is 0 Å². The Balaban J connectivity index is 1.48. The van der Waals surface area contributed by atoms with Gasteiger partial charge in [-0.25, -0.2) is 4.79 Å². The van der Waals surface area contributed by atoms with Gasteiger partial charge in [-0.15, -0.1) is 11.3 Å². The molecule has 1 atom stereocenters. The Morgan fingerprint density at radius 3 is 2.54 bits per heavy atom. The molecule has 3 heterocycles. The number of thiophene rings is 1. The number of amides is 2. The zero-order valence-corrected chi connectivity index (χ0v) is 20.9. The molecule has 0 fully saturated rings. The third kappa shape index (κ3) is 3.92. The number of hydrogen-bond acceptors (Lipinski definition) is 3. The van der Waals surface area contributed by atoms with Crippen molar-refractivity contribution in [3.63, 3.8) is 0 Å². The van der Waals surface area contributed by atoms with Gasteiger partial charge in [0.15, 0.2) is 0 Å². The van der Waals surface area contributed by atoms with Gasteiger partial charge in [-0.05, 0) is 80.1 Å². The molecule has 6 rings (SSSR count). The van der Waals surface area contributed by atoms with E-state index in [-0.39, 0.29) is 12.1 Å². The SMILES string of the molecule is COc1ccc([C@@H]2c3cccn3-c3sc4c(c3CN2C(=O)Nc2ccc(C)cc2)CCCC4)cc1. The van der Waals surface area contributed by atoms with Crippen molar-refractivity contribution in [1.29, 1.82) is 0 Å². The number of urea groups is 1. The average molecular weight is 484 g/mol. The van der Waals surface area contributed by atoms with Crippen LogP contribution >= 0.6 is 11.3 Å². The minimum absolute atomic E-state index is 0.0916. The standard InChI is InChI=1S/C29H29N3O2S/c1-19-9-13-21(14-10-19)30-29(33)32-18-24-23-6-3-4-8-26(23)35-28(24)31-17-5-7-25(31)27(32)20-11-15-22(34-2)16-12-20/h5,7,9-17,27H,3-4,6,8,18H2,1-2H3,(H,30,33)/t27-/m1/s1. The Bertz CT molecular complexity index is 1370. The average Bonchev–Trinajstić information content (AvgIpc) is 3.47. The number of carbonyl (C=O) groups excluding carboxylic acids is 1. The van der Waals surface area contributed by atoms with Crippen LogP contribution in [0, 0.1) is 6.92 Å². The van der Waals surface area contributed by atoms with E-state index >= 15 is 0 Å². The number of nitrogens with one attached hydrogen (secondary N) is 1. The lowest BCUT2D eigenvalue weighted by molar-refractivity contribution is 0.194. The first-order valence-corrected chi connectivity index (χ1v) is 13.0. The minimum Gasteiger partial charge on any atom is -0.497 e. The Labute approximate surface area is 210 Å². The molecule has 2 amide bonds. The van der Waals surface area contributed by atoms with E-state index in [1.165, 1.54) is 39.4 Å². The van der Waals surface area contributed by atoms with Crippen molar-refractivity contribution in [3.05, 3.63) is 99.7 Å². The summed E-state index contributed by atoms with van der Waals surface area (Å²) in [5.41, 5.74) is 6.90. The Morgan fingerprint density at radius 1 is 1.00 bits per heavy atom. The highest BCUT2D eigenvalue weighted by atomic mass is 32.1. The quantitative estimate of drug-likeness (QED) is 0.346. The first-order chi connectivity index (χ1) is 17.1. The predicted molar refractivity (Wildman–Crippen MR) is 141 cm³/mol. The van der Waals surface area contributed by atoms with Gasteiger partial charge in [-0.2, -0.15) is 0 Å². The number of aromatic nitrogens is 1. The second-order valence-corrected chi connectivity index (χ2v) is 10.5. The molecule has 0 saturated carbocycles. The number of rotatable bonds is 3. The number of methoxy groups -OCH3 is 1. The van der Waals surface area contributed by atoms with Crippen molar-refractivity contribution < 1.29 is 9.53 Å². The van der Waals surface area contributed by atoms with E-state index in [4.69, 9.17) is 4.74 Å². The van der Waals surface area contributed by atoms with Crippen LogP contribution in [0.25, 0.3) is 5.00 Å². The second-order valence-electron chi connectivity index (χ2n) is 9.40. The van der Waals surface area contributed by atoms with E-state index in [0.717, 1.165) is 35.5 Å². The van der Waals surface area contributed by atoms with Gasteiger partial charge in [-0.3, -0.25) is 0 Å². The highest BCUT2D eigenvalue weighted by Gasteiger charge is 2.36. The zero-order chi connectivity index (χ0) is 23.9. The summed E-state index contributed by atoms with van der Waals surface area (Å²) in [5, 5.41) is 4.44. The molecule has 1 aliphatic carbocycles. The lowest BCUT2D eigenvalue weighted by atomic mass is 9.95. The van der Waals surface area contributed by atoms with E-state index in [1.807, 2.05) is 52.6 Å². The topological polar surface area (TPSA) is 46.5 Å². The van der Waals surface area contributed by atoms with Gasteiger partial charge in [0, 0.05) is 22.3 Å². The van der Waals surface area contributed by atoms with E-state index in [0.29, 0.717) is 6.54 Å². The molecule has 178 valence electrons. The molecule has 2 aliphatic rings. The molecule has 4 aromatic rings. The minimum atomic E-state index is -0.222. The number of ether oxygens (including phenoxy) is 1. The summed E-state index contributed by atoms with van der Waals surface area (Å²) in [7, 11) is 1.67. The maximum Gasteiger partial charge on any atom is 0.322 e. The second kappa shape index (κ2) is 8.93. The summed E-state index contributed by atoms with van der Waals surface area (Å²) in [4.78, 5) is 17.4. The van der Waals surface area contributed by atoms with Crippen LogP contribution in [0.2, 0.25) is 0 Å². The molecule has 6 heteroatoms. The van der Waals surface area contributed by atoms with Gasteiger partial charge in [0.1, 0.15) is 10.8 Å². The van der Waals surface area contributed by atoms with Crippen LogP contribution < -0.4 is 10.1 Å². The van der Waals surface area contributed by atoms with Crippen LogP contribution in [0.4, 0.5) is 10.5 Å². The van der Waals surface area contributed by atoms with Crippen LogP contribution in [-0.4, -0.2) is 22.6 Å². The molecule has 5 nitrogen and oxygen atoms in total. The van der Waals surface area contributed by atoms with Crippen molar-refractivity contribution in [2.45, 2.75) is 45.2 Å². The van der Waals surface area contributed by atoms with Crippen LogP contribution in [-0.2, 0) is 19.4 Å². The summed E-state index contributed by atoms with van der Waals surface area (Å²) in [6.07, 6.45) is 6.84. The predicted octanol–water partition coefficient (Wildman–Crippen LogP) is 6.87. The summed E-state index contributed by atoms with van der Waals surface area (Å²) < 4.78 is 7.71. The lowest BCUT2D eigenvalue weighted by Gasteiger charge is -2.31. The molecule has 1 N–H and O–H groups in total. The third-order valence-corrected chi connectivity index (χ3v) is 8.51. The number of anilines is 1. The van der Waals surface area contributed by atoms with Crippen molar-refractivity contribution >= 4 is 23.1 Å². The number of carbonyl (C=O) groups is 1. The first kappa shape index (κ1) is 22.0. The Kier molecular flexibility index (Phi) is 5.61. The molecule has 0 spiro atoms. The monoisotopic (exact) mass is 483 g/mol. The van der Waals surface area contributed by atoms with Crippen molar-refractivity contribution in [2.75, 3.05) is 12.4 Å². The molecule has 0 radical (unpaired) electrons. The van der Waals surface area contributed by atoms with E-state index < -0.39 is 0 Å². The summed E-state index contributed by atoms with van der Waals surface area (Å²) in [6, 6.07) is 20.0. The van der Waals surface area contributed by atoms with E-state index in [1.54, 1.807) is 7.11 Å². The highest BCUT2D eigenvalue weighted by molar-refractivity contribution is 7.15. The fraction of sp³-hybridized carbons (Fsp3) is 0.276. The molecule has 35 heavy (non-hydrogen) atoms. The number of fused-ring (bicyclic) bond motifs is 5. The van der Waals surface area contributed by atoms with Crippen LogP contribution in [0.1, 0.15) is 51.7 Å². The lowest BCUT2D eigenvalue weighted by Crippen LogP contribution is -2.38. The fourth-order valence-electron chi connectivity index (χ4n) is 5.36. The molecule has 2 aromatic carbocycles. The van der Waals surface area contributed by atoms with Gasteiger partial charge in [-0.1, -0.05) is 29.8 Å². The smallest absolute Gasteiger partial charge is 0.322 e. The molecule has 0 saturated heterocycles. The molecular formula is C29H29N3O2S. The summed E-state index contributed by atoms with van der Waals surface area (Å²) in [6.45, 7) is 2.63. The van der Waals surface area contributed by atoms with E-state index in [9.17, 15) is 4.79 Å². The van der Waals surface area contributed by atoms with Gasteiger partial charge in [0.25, 0.3) is 0 Å². The number of nitrogens with zero attached hydrogens (tertiary/aromatic N) is 2. The fourth-order valence-corrected chi connectivity index (χ4v) is 6.76. The molecular weight excluding hydrogens is 454 g/mol. The largest absolute Gasteiger partial charge is 0.497 e. The van der Waals surface area contributed by atoms with Gasteiger partial charge in [0.05, 0.1) is 25.4 Å². The summed E-state index contributed by atoms with van der Waals surface area (Å²) >= 11 is 1.91. The molecule has 1 aliphatic heterocycles. The van der Waals surface area contributed by atoms with Crippen molar-refractivity contribution in [2.24, 2.45) is 0 Å². The van der Waals surface area contributed by atoms with Gasteiger partial charge < -0.3 is 19.5 Å². The zero-order valence-electron chi connectivity index (χ0n) is 20.1. The number of benzene rings is 2. The first-order valence-electron chi connectivity index (χ1n) is 12.2. The maximum atomic E-state index is 13.9. The number of aryl methyl sites for hydroxylation is 2. The van der Waals surface area contributed by atoms with Crippen molar-refractivity contribution in [3.8, 4) is 10.8 Å². The highest BCUT2D eigenvalue weighted by Crippen LogP contribution is 2.44. The summed E-state index contributed by atoms with van der Waals surface area (Å²) in [5.74, 6) is 0.807. The van der Waals surface area contributed by atoms with Gasteiger partial charge in [0.2, 0.25) is 0 Å². The Morgan fingerprint density at radius 2 is 1.77 bits per heavy atom. The third-order valence-electron chi connectivity index (χ3n) is 7.17. The normalized spacial score (nSPS) is 16.6. The molecule has 0 unspecified atom stereocenters. The van der Waals surface area contributed by atoms with Crippen LogP contribution in [0.15, 0.2) is 66.9 Å². The molecule has 0 bridgehead atoms. The Hall–Kier alpha value is -3.51. The van der Waals surface area contributed by atoms with Crippen LogP contribution in [0.5, 0.6) is 5.75 Å².